The topological polar surface area (TPSA) is 127 Å². The van der Waals surface area contributed by atoms with Crippen LogP contribution in [0.15, 0.2) is 36.2 Å². The number of halogens is 1. The Morgan fingerprint density at radius 1 is 1.34 bits per heavy atom. The minimum atomic E-state index is -0.821. The number of thiazole rings is 1. The van der Waals surface area contributed by atoms with Gasteiger partial charge in [0.05, 0.1) is 33.6 Å². The number of non-ortho nitro benzene ring substituents is 1. The monoisotopic (exact) mass is 610 g/mol. The van der Waals surface area contributed by atoms with Crippen LogP contribution in [0.2, 0.25) is 0 Å². The van der Waals surface area contributed by atoms with E-state index in [1.165, 1.54) is 40.5 Å². The first-order chi connectivity index (χ1) is 16.2. The third-order valence-corrected chi connectivity index (χ3v) is 7.65. The second-order valence-corrected chi connectivity index (χ2v) is 9.62. The zero-order valence-corrected chi connectivity index (χ0v) is 22.3. The van der Waals surface area contributed by atoms with Crippen molar-refractivity contribution in [1.82, 2.24) is 14.3 Å². The van der Waals surface area contributed by atoms with Crippen LogP contribution in [0, 0.1) is 29.9 Å². The van der Waals surface area contributed by atoms with Gasteiger partial charge in [-0.05, 0) is 44.9 Å². The number of aliphatic hydroxyl groups is 1. The number of amides is 1. The minimum absolute atomic E-state index is 0. The number of ether oxygens (including phenoxy) is 1. The van der Waals surface area contributed by atoms with Gasteiger partial charge in [-0.2, -0.15) is 0 Å². The molecule has 2 aliphatic heterocycles. The van der Waals surface area contributed by atoms with E-state index in [2.05, 4.69) is 4.98 Å². The van der Waals surface area contributed by atoms with Crippen LogP contribution in [0.1, 0.15) is 35.3 Å². The Hall–Kier alpha value is -2.84. The summed E-state index contributed by atoms with van der Waals surface area (Å²) in [5.74, 6) is -0.671. The van der Waals surface area contributed by atoms with Crippen molar-refractivity contribution in [3.05, 3.63) is 68.2 Å². The van der Waals surface area contributed by atoms with Gasteiger partial charge < -0.3 is 14.7 Å². The second kappa shape index (κ2) is 9.32. The fraction of sp³-hybridized carbons (Fsp3) is 0.348. The van der Waals surface area contributed by atoms with Gasteiger partial charge in [0.2, 0.25) is 5.91 Å². The molecule has 1 saturated heterocycles. The maximum absolute atomic E-state index is 13.2. The molecular weight excluding hydrogens is 587 g/mol. The maximum atomic E-state index is 13.2. The molecule has 2 aromatic heterocycles. The van der Waals surface area contributed by atoms with E-state index in [4.69, 9.17) is 4.74 Å². The van der Waals surface area contributed by atoms with Gasteiger partial charge in [0, 0.05) is 23.9 Å². The van der Waals surface area contributed by atoms with Gasteiger partial charge >= 0.3 is 5.97 Å². The first-order valence-electron chi connectivity index (χ1n) is 10.8. The molecule has 0 aliphatic carbocycles. The summed E-state index contributed by atoms with van der Waals surface area (Å²) in [7, 11) is 0. The molecule has 184 valence electrons. The summed E-state index contributed by atoms with van der Waals surface area (Å²) in [5.41, 5.74) is 2.33. The molecule has 1 N–H and O–H groups in total. The van der Waals surface area contributed by atoms with Crippen molar-refractivity contribution in [1.29, 1.82) is 0 Å². The SMILES string of the molecule is Cc1nc(C)n2cc(C3=C(C(=O)OCc4ccc([N+](=O)[O-])cc4)N4C(=O)[C@H]([C@@H](C)O)[C@H]4C3)sc12.I. The number of benzene rings is 1. The highest BCUT2D eigenvalue weighted by Crippen LogP contribution is 2.48. The molecule has 12 heteroatoms. The number of hydrogen-bond donors (Lipinski definition) is 1. The predicted molar refractivity (Wildman–Crippen MR) is 138 cm³/mol. The van der Waals surface area contributed by atoms with Gasteiger partial charge in [0.1, 0.15) is 23.0 Å². The lowest BCUT2D eigenvalue weighted by Crippen LogP contribution is -2.61. The highest BCUT2D eigenvalue weighted by molar-refractivity contribution is 14.0. The summed E-state index contributed by atoms with van der Waals surface area (Å²) in [6.45, 7) is 5.32. The van der Waals surface area contributed by atoms with Crippen LogP contribution in [-0.2, 0) is 20.9 Å². The molecule has 1 amide bonds. The van der Waals surface area contributed by atoms with E-state index < -0.39 is 22.9 Å². The Morgan fingerprint density at radius 2 is 2.03 bits per heavy atom. The van der Waals surface area contributed by atoms with E-state index in [1.807, 2.05) is 24.4 Å². The third kappa shape index (κ3) is 4.12. The lowest BCUT2D eigenvalue weighted by Gasteiger charge is -2.44. The van der Waals surface area contributed by atoms with E-state index in [0.717, 1.165) is 21.2 Å². The fourth-order valence-electron chi connectivity index (χ4n) is 4.74. The van der Waals surface area contributed by atoms with Crippen molar-refractivity contribution in [3.8, 4) is 0 Å². The smallest absolute Gasteiger partial charge is 0.355 e. The molecule has 4 heterocycles. The van der Waals surface area contributed by atoms with E-state index in [-0.39, 0.29) is 53.9 Å². The molecular formula is C23H23IN4O6S. The molecule has 3 atom stereocenters. The molecule has 2 aliphatic rings. The molecule has 35 heavy (non-hydrogen) atoms. The Bertz CT molecular complexity index is 1340. The first kappa shape index (κ1) is 25.3. The quantitative estimate of drug-likeness (QED) is 0.149. The third-order valence-electron chi connectivity index (χ3n) is 6.40. The number of hydrogen-bond acceptors (Lipinski definition) is 8. The number of esters is 1. The minimum Gasteiger partial charge on any atom is -0.456 e. The number of imidazole rings is 1. The molecule has 5 rings (SSSR count). The van der Waals surface area contributed by atoms with E-state index in [0.29, 0.717) is 17.6 Å². The summed E-state index contributed by atoms with van der Waals surface area (Å²) in [4.78, 5) is 44.1. The number of fused-ring (bicyclic) bond motifs is 2. The number of carbonyl (C=O) groups is 2. The van der Waals surface area contributed by atoms with Gasteiger partial charge in [-0.3, -0.25) is 19.3 Å². The van der Waals surface area contributed by atoms with Crippen LogP contribution in [0.5, 0.6) is 0 Å². The molecule has 0 bridgehead atoms. The summed E-state index contributed by atoms with van der Waals surface area (Å²) in [5, 5.41) is 20.9. The number of rotatable bonds is 6. The molecule has 10 nitrogen and oxygen atoms in total. The molecule has 0 radical (unpaired) electrons. The highest BCUT2D eigenvalue weighted by Gasteiger charge is 2.57. The predicted octanol–water partition coefficient (Wildman–Crippen LogP) is 3.60. The van der Waals surface area contributed by atoms with Gasteiger partial charge in [0.15, 0.2) is 0 Å². The normalized spacial score (nSPS) is 19.9. The second-order valence-electron chi connectivity index (χ2n) is 8.59. The Kier molecular flexibility index (Phi) is 6.72. The number of nitro groups is 1. The summed E-state index contributed by atoms with van der Waals surface area (Å²) < 4.78 is 7.49. The fourth-order valence-corrected chi connectivity index (χ4v) is 5.88. The van der Waals surface area contributed by atoms with Gasteiger partial charge in [-0.1, -0.05) is 0 Å². The van der Waals surface area contributed by atoms with Gasteiger partial charge in [-0.25, -0.2) is 9.78 Å². The average molecular weight is 610 g/mol. The molecule has 1 aromatic carbocycles. The Balaban J connectivity index is 0.00000289. The van der Waals surface area contributed by atoms with Crippen LogP contribution in [0.3, 0.4) is 0 Å². The van der Waals surface area contributed by atoms with Crippen LogP contribution in [0.25, 0.3) is 10.4 Å². The first-order valence-corrected chi connectivity index (χ1v) is 11.6. The zero-order valence-electron chi connectivity index (χ0n) is 19.1. The van der Waals surface area contributed by atoms with Crippen molar-refractivity contribution in [2.75, 3.05) is 0 Å². The van der Waals surface area contributed by atoms with Crippen molar-refractivity contribution in [3.63, 3.8) is 0 Å². The highest BCUT2D eigenvalue weighted by atomic mass is 127. The summed E-state index contributed by atoms with van der Waals surface area (Å²) >= 11 is 1.50. The van der Waals surface area contributed by atoms with Crippen LogP contribution in [0.4, 0.5) is 5.69 Å². The van der Waals surface area contributed by atoms with Crippen LogP contribution < -0.4 is 0 Å². The summed E-state index contributed by atoms with van der Waals surface area (Å²) in [6.07, 6.45) is 1.54. The maximum Gasteiger partial charge on any atom is 0.355 e. The molecule has 3 aromatic rings. The van der Waals surface area contributed by atoms with Gasteiger partial charge in [-0.15, -0.1) is 35.3 Å². The zero-order chi connectivity index (χ0) is 24.3. The Morgan fingerprint density at radius 3 is 2.63 bits per heavy atom. The summed E-state index contributed by atoms with van der Waals surface area (Å²) in [6, 6.07) is 5.44. The van der Waals surface area contributed by atoms with Crippen molar-refractivity contribution in [2.24, 2.45) is 5.92 Å². The number of aromatic nitrogens is 2. The molecule has 0 spiro atoms. The average Bonchev–Trinajstić information content (AvgIpc) is 3.44. The van der Waals surface area contributed by atoms with Crippen molar-refractivity contribution >= 4 is 63.3 Å². The number of nitrogens with zero attached hydrogens (tertiary/aromatic N) is 4. The van der Waals surface area contributed by atoms with E-state index in [9.17, 15) is 24.8 Å². The largest absolute Gasteiger partial charge is 0.456 e. The molecule has 0 saturated carbocycles. The van der Waals surface area contributed by atoms with E-state index >= 15 is 0 Å². The molecule has 0 unspecified atom stereocenters. The van der Waals surface area contributed by atoms with Crippen LogP contribution in [-0.4, -0.2) is 48.3 Å². The number of aryl methyl sites for hydroxylation is 2. The standard InChI is InChI=1S/C23H22N4O6S.HI/c1-11-22-25(13(3)24-11)9-18(34-22)16-8-17-19(12(2)28)21(29)26(17)20(16)23(30)33-10-14-4-6-15(7-5-14)27(31)32;/h4-7,9,12,17,19,28H,8,10H2,1-3H3;1H/t12-,17-,19-;/m1./s1. The van der Waals surface area contributed by atoms with Crippen LogP contribution >= 0.6 is 35.3 Å². The van der Waals surface area contributed by atoms with E-state index in [1.54, 1.807) is 6.92 Å². The number of carbonyl (C=O) groups excluding carboxylic acids is 2. The van der Waals surface area contributed by atoms with Gasteiger partial charge in [0.25, 0.3) is 5.69 Å². The lowest BCUT2D eigenvalue weighted by molar-refractivity contribution is -0.384. The number of β-lactam (4-membered cyclic amide) rings is 1. The Labute approximate surface area is 221 Å². The number of aliphatic hydroxyl groups excluding tert-OH is 1. The molecule has 1 fully saturated rings. The number of nitro benzene ring substituents is 1. The van der Waals surface area contributed by atoms with Crippen molar-refractivity contribution in [2.45, 2.75) is 45.9 Å². The lowest BCUT2D eigenvalue weighted by atomic mass is 9.83. The van der Waals surface area contributed by atoms with Crippen molar-refractivity contribution < 1.29 is 24.4 Å².